The number of aromatic nitrogens is 1. The maximum Gasteiger partial charge on any atom is 0.300 e. The van der Waals surface area contributed by atoms with E-state index in [2.05, 4.69) is 4.98 Å². The molecule has 1 saturated heterocycles. The number of likely N-dealkylation sites (N-methyl/N-ethyl adjacent to an activating group) is 1. The number of Topliss-reactive ketones (excluding diaryl/α,β-unsaturated/α-hetero) is 1. The lowest BCUT2D eigenvalue weighted by Gasteiger charge is -2.28. The predicted octanol–water partition coefficient (Wildman–Crippen LogP) is 4.69. The Morgan fingerprint density at radius 2 is 1.82 bits per heavy atom. The lowest BCUT2D eigenvalue weighted by atomic mass is 9.94. The van der Waals surface area contributed by atoms with Crippen LogP contribution in [0.5, 0.6) is 5.75 Å². The molecule has 1 aromatic heterocycles. The van der Waals surface area contributed by atoms with Crippen LogP contribution in [0.15, 0.2) is 78.5 Å². The van der Waals surface area contributed by atoms with Crippen molar-refractivity contribution in [3.05, 3.63) is 89.6 Å². The molecule has 0 aliphatic carbocycles. The van der Waals surface area contributed by atoms with Crippen LogP contribution in [0.1, 0.15) is 17.2 Å². The summed E-state index contributed by atoms with van der Waals surface area (Å²) < 4.78 is 5.75. The number of aromatic amines is 1. The number of para-hydroxylation sites is 1. The molecule has 2 N–H and O–H groups in total. The van der Waals surface area contributed by atoms with E-state index in [0.717, 1.165) is 27.8 Å². The number of ether oxygens (including phenoxy) is 1. The summed E-state index contributed by atoms with van der Waals surface area (Å²) in [6, 6.07) is 19.7. The van der Waals surface area contributed by atoms with Crippen molar-refractivity contribution in [1.29, 1.82) is 0 Å². The van der Waals surface area contributed by atoms with Gasteiger partial charge in [-0.15, -0.1) is 0 Å². The molecule has 1 amide bonds. The van der Waals surface area contributed by atoms with E-state index in [1.165, 1.54) is 4.90 Å². The maximum atomic E-state index is 13.6. The van der Waals surface area contributed by atoms with Gasteiger partial charge in [0.15, 0.2) is 0 Å². The van der Waals surface area contributed by atoms with Gasteiger partial charge in [-0.3, -0.25) is 14.5 Å². The second kappa shape index (κ2) is 8.99. The molecule has 38 heavy (non-hydrogen) atoms. The van der Waals surface area contributed by atoms with Gasteiger partial charge in [0.05, 0.1) is 23.8 Å². The normalized spacial score (nSPS) is 18.6. The number of hydrogen-bond acceptors (Lipinski definition) is 6. The van der Waals surface area contributed by atoms with Gasteiger partial charge in [0.25, 0.3) is 11.7 Å². The number of carbonyl (C=O) groups excluding carboxylic acids is 2. The zero-order valence-corrected chi connectivity index (χ0v) is 21.4. The fraction of sp³-hybridized carbons (Fsp3) is 0.200. The zero-order chi connectivity index (χ0) is 26.6. The third-order valence-corrected chi connectivity index (χ3v) is 7.33. The quantitative estimate of drug-likeness (QED) is 0.236. The molecule has 3 heterocycles. The first-order valence-electron chi connectivity index (χ1n) is 12.5. The van der Waals surface area contributed by atoms with Crippen molar-refractivity contribution in [3.8, 4) is 5.75 Å². The highest BCUT2D eigenvalue weighted by molar-refractivity contribution is 6.52. The Kier molecular flexibility index (Phi) is 5.60. The second-order valence-corrected chi connectivity index (χ2v) is 9.82. The number of amides is 1. The zero-order valence-electron chi connectivity index (χ0n) is 21.4. The van der Waals surface area contributed by atoms with Crippen LogP contribution in [0.25, 0.3) is 16.7 Å². The fourth-order valence-electron chi connectivity index (χ4n) is 5.28. The van der Waals surface area contributed by atoms with Crippen molar-refractivity contribution in [2.24, 2.45) is 0 Å². The van der Waals surface area contributed by atoms with E-state index in [-0.39, 0.29) is 11.3 Å². The number of nitrogens with one attached hydrogen (secondary N) is 1. The Labute approximate surface area is 220 Å². The van der Waals surface area contributed by atoms with E-state index < -0.39 is 17.7 Å². The van der Waals surface area contributed by atoms with Gasteiger partial charge in [-0.1, -0.05) is 18.2 Å². The minimum Gasteiger partial charge on any atom is -0.507 e. The standard InChI is InChI=1S/C30H28N4O4/c1-32(2)19-9-11-20(12-10-19)34-27(22-17-31-23-7-5-4-6-21(22)23)26(29(36)30(34)37)28(35)18-8-13-25-24(16-18)33(3)14-15-38-25/h4-13,16-17,27,31,35H,14-15H2,1-3H3/b28-26+. The van der Waals surface area contributed by atoms with Crippen LogP contribution in [0.4, 0.5) is 17.1 Å². The predicted molar refractivity (Wildman–Crippen MR) is 149 cm³/mol. The highest BCUT2D eigenvalue weighted by Gasteiger charge is 2.47. The summed E-state index contributed by atoms with van der Waals surface area (Å²) in [6.07, 6.45) is 1.81. The molecule has 0 bridgehead atoms. The van der Waals surface area contributed by atoms with Crippen LogP contribution in [0, 0.1) is 0 Å². The smallest absolute Gasteiger partial charge is 0.300 e. The van der Waals surface area contributed by atoms with Crippen molar-refractivity contribution in [2.75, 3.05) is 49.0 Å². The summed E-state index contributed by atoms with van der Waals surface area (Å²) in [7, 11) is 5.83. The second-order valence-electron chi connectivity index (χ2n) is 9.82. The summed E-state index contributed by atoms with van der Waals surface area (Å²) in [6.45, 7) is 1.28. The van der Waals surface area contributed by atoms with E-state index in [9.17, 15) is 14.7 Å². The van der Waals surface area contributed by atoms with Gasteiger partial charge in [0.1, 0.15) is 18.1 Å². The first kappa shape index (κ1) is 23.7. The van der Waals surface area contributed by atoms with Crippen molar-refractivity contribution < 1.29 is 19.4 Å². The Morgan fingerprint density at radius 3 is 2.58 bits per heavy atom. The highest BCUT2D eigenvalue weighted by Crippen LogP contribution is 2.45. The fourth-order valence-corrected chi connectivity index (χ4v) is 5.28. The molecular weight excluding hydrogens is 480 g/mol. The molecule has 3 aromatic carbocycles. The molecule has 1 unspecified atom stereocenters. The topological polar surface area (TPSA) is 89.1 Å². The van der Waals surface area contributed by atoms with Crippen LogP contribution < -0.4 is 19.4 Å². The number of aliphatic hydroxyl groups excluding tert-OH is 1. The molecule has 8 heteroatoms. The number of rotatable bonds is 4. The average Bonchev–Trinajstić information content (AvgIpc) is 3.46. The number of fused-ring (bicyclic) bond motifs is 2. The molecule has 2 aliphatic rings. The van der Waals surface area contributed by atoms with Gasteiger partial charge >= 0.3 is 0 Å². The Bertz CT molecular complexity index is 1600. The molecular formula is C30H28N4O4. The number of aliphatic hydroxyl groups is 1. The molecule has 8 nitrogen and oxygen atoms in total. The minimum absolute atomic E-state index is 0.0516. The highest BCUT2D eigenvalue weighted by atomic mass is 16.5. The number of carbonyl (C=O) groups is 2. The Hall–Kier alpha value is -4.72. The molecule has 192 valence electrons. The van der Waals surface area contributed by atoms with Gasteiger partial charge in [-0.05, 0) is 48.5 Å². The number of benzene rings is 3. The number of nitrogens with zero attached hydrogens (tertiary/aromatic N) is 3. The lowest BCUT2D eigenvalue weighted by molar-refractivity contribution is -0.132. The van der Waals surface area contributed by atoms with Gasteiger partial charge in [0.2, 0.25) is 0 Å². The lowest BCUT2D eigenvalue weighted by Crippen LogP contribution is -2.29. The molecule has 6 rings (SSSR count). The van der Waals surface area contributed by atoms with Crippen molar-refractivity contribution >= 4 is 45.4 Å². The van der Waals surface area contributed by atoms with Gasteiger partial charge in [0, 0.05) is 60.7 Å². The third-order valence-electron chi connectivity index (χ3n) is 7.33. The largest absolute Gasteiger partial charge is 0.507 e. The van der Waals surface area contributed by atoms with Crippen molar-refractivity contribution in [1.82, 2.24) is 4.98 Å². The molecule has 0 radical (unpaired) electrons. The number of ketones is 1. The van der Waals surface area contributed by atoms with Crippen LogP contribution in [0.2, 0.25) is 0 Å². The Balaban J connectivity index is 1.55. The average molecular weight is 509 g/mol. The van der Waals surface area contributed by atoms with Crippen LogP contribution in [-0.2, 0) is 9.59 Å². The van der Waals surface area contributed by atoms with Crippen LogP contribution >= 0.6 is 0 Å². The molecule has 1 fully saturated rings. The summed E-state index contributed by atoms with van der Waals surface area (Å²) in [5.41, 5.74) is 4.47. The van der Waals surface area contributed by atoms with Crippen LogP contribution in [-0.4, -0.2) is 56.1 Å². The molecule has 2 aliphatic heterocycles. The molecule has 0 spiro atoms. The number of H-pyrrole nitrogens is 1. The van der Waals surface area contributed by atoms with E-state index in [1.807, 2.05) is 85.7 Å². The van der Waals surface area contributed by atoms with E-state index in [1.54, 1.807) is 18.2 Å². The van der Waals surface area contributed by atoms with Crippen molar-refractivity contribution in [2.45, 2.75) is 6.04 Å². The number of hydrogen-bond donors (Lipinski definition) is 2. The van der Waals surface area contributed by atoms with E-state index in [0.29, 0.717) is 30.2 Å². The van der Waals surface area contributed by atoms with E-state index >= 15 is 0 Å². The third kappa shape index (κ3) is 3.68. The maximum absolute atomic E-state index is 13.6. The first-order valence-corrected chi connectivity index (χ1v) is 12.5. The molecule has 0 saturated carbocycles. The van der Waals surface area contributed by atoms with E-state index in [4.69, 9.17) is 4.74 Å². The van der Waals surface area contributed by atoms with Crippen LogP contribution in [0.3, 0.4) is 0 Å². The van der Waals surface area contributed by atoms with Gasteiger partial charge < -0.3 is 24.6 Å². The monoisotopic (exact) mass is 508 g/mol. The van der Waals surface area contributed by atoms with Crippen molar-refractivity contribution in [3.63, 3.8) is 0 Å². The van der Waals surface area contributed by atoms with Gasteiger partial charge in [-0.25, -0.2) is 0 Å². The Morgan fingerprint density at radius 1 is 1.05 bits per heavy atom. The SMILES string of the molecule is CN(C)c1ccc(N2C(=O)C(=O)/C(=C(/O)c3ccc4c(c3)N(C)CCO4)C2c2c[nH]c3ccccc23)cc1. The summed E-state index contributed by atoms with van der Waals surface area (Å²) in [4.78, 5) is 35.9. The molecule has 1 atom stereocenters. The molecule has 4 aromatic rings. The minimum atomic E-state index is -0.818. The summed E-state index contributed by atoms with van der Waals surface area (Å²) >= 11 is 0. The van der Waals surface area contributed by atoms with Gasteiger partial charge in [-0.2, -0.15) is 0 Å². The number of anilines is 3. The summed E-state index contributed by atoms with van der Waals surface area (Å²) in [5.74, 6) is -0.910. The first-order chi connectivity index (χ1) is 18.3. The summed E-state index contributed by atoms with van der Waals surface area (Å²) in [5, 5.41) is 12.5.